The number of nitrogens with one attached hydrogen (secondary N) is 1. The van der Waals surface area contributed by atoms with Crippen LogP contribution >= 0.6 is 0 Å². The van der Waals surface area contributed by atoms with E-state index >= 15 is 0 Å². The molecule has 1 N–H and O–H groups in total. The third kappa shape index (κ3) is 2.73. The number of rotatable bonds is 4. The Kier molecular flexibility index (Phi) is 3.38. The Morgan fingerprint density at radius 3 is 2.75 bits per heavy atom. The van der Waals surface area contributed by atoms with Gasteiger partial charge in [0.15, 0.2) is 0 Å². The first kappa shape index (κ1) is 10.5. The number of aromatic nitrogens is 1. The molecule has 16 heavy (non-hydrogen) atoms. The molecule has 2 rings (SSSR count). The van der Waals surface area contributed by atoms with E-state index in [0.29, 0.717) is 6.61 Å². The third-order valence-electron chi connectivity index (χ3n) is 2.24. The molecule has 1 aromatic carbocycles. The molecule has 0 bridgehead atoms. The zero-order valence-electron chi connectivity index (χ0n) is 9.18. The number of anilines is 1. The van der Waals surface area contributed by atoms with Crippen LogP contribution in [-0.2, 0) is 6.61 Å². The number of hydrogen-bond acceptors (Lipinski definition) is 3. The highest BCUT2D eigenvalue weighted by atomic mass is 16.5. The number of hydrogen-bond donors (Lipinski definition) is 1. The van der Waals surface area contributed by atoms with E-state index in [-0.39, 0.29) is 0 Å². The molecule has 0 radical (unpaired) electrons. The lowest BCUT2D eigenvalue weighted by Crippen LogP contribution is -1.97. The summed E-state index contributed by atoms with van der Waals surface area (Å²) in [7, 11) is 1.84. The van der Waals surface area contributed by atoms with Gasteiger partial charge in [0.1, 0.15) is 18.2 Å². The fourth-order valence-corrected chi connectivity index (χ4v) is 1.38. The van der Waals surface area contributed by atoms with Crippen LogP contribution in [0.15, 0.2) is 48.7 Å². The first-order chi connectivity index (χ1) is 7.88. The van der Waals surface area contributed by atoms with Gasteiger partial charge in [-0.05, 0) is 11.6 Å². The van der Waals surface area contributed by atoms with Gasteiger partial charge >= 0.3 is 0 Å². The van der Waals surface area contributed by atoms with Crippen LogP contribution < -0.4 is 10.1 Å². The monoisotopic (exact) mass is 214 g/mol. The number of ether oxygens (including phenoxy) is 1. The summed E-state index contributed by atoms with van der Waals surface area (Å²) in [6, 6.07) is 13.8. The normalized spacial score (nSPS) is 9.81. The summed E-state index contributed by atoms with van der Waals surface area (Å²) in [5.74, 6) is 1.63. The van der Waals surface area contributed by atoms with Crippen LogP contribution in [0.25, 0.3) is 0 Å². The van der Waals surface area contributed by atoms with Gasteiger partial charge in [0.05, 0.1) is 0 Å². The number of benzene rings is 1. The molecule has 1 aromatic heterocycles. The highest BCUT2D eigenvalue weighted by molar-refractivity contribution is 5.39. The average Bonchev–Trinajstić information content (AvgIpc) is 2.38. The van der Waals surface area contributed by atoms with Crippen molar-refractivity contribution in [3.05, 3.63) is 54.2 Å². The van der Waals surface area contributed by atoms with E-state index in [1.54, 1.807) is 6.20 Å². The molecule has 0 spiro atoms. The third-order valence-corrected chi connectivity index (χ3v) is 2.24. The molecule has 3 nitrogen and oxygen atoms in total. The van der Waals surface area contributed by atoms with Crippen molar-refractivity contribution >= 4 is 5.82 Å². The summed E-state index contributed by atoms with van der Waals surface area (Å²) >= 11 is 0. The van der Waals surface area contributed by atoms with Crippen LogP contribution in [0, 0.1) is 0 Å². The highest BCUT2D eigenvalue weighted by Gasteiger charge is 1.97. The van der Waals surface area contributed by atoms with Gasteiger partial charge in [-0.15, -0.1) is 0 Å². The van der Waals surface area contributed by atoms with E-state index in [0.717, 1.165) is 17.1 Å². The number of pyridine rings is 1. The first-order valence-electron chi connectivity index (χ1n) is 5.19. The molecule has 0 saturated heterocycles. The molecule has 0 atom stereocenters. The Morgan fingerprint density at radius 1 is 1.19 bits per heavy atom. The maximum Gasteiger partial charge on any atom is 0.129 e. The minimum absolute atomic E-state index is 0.577. The van der Waals surface area contributed by atoms with Crippen LogP contribution in [0.3, 0.4) is 0 Å². The predicted octanol–water partition coefficient (Wildman–Crippen LogP) is 2.70. The molecular weight excluding hydrogens is 200 g/mol. The summed E-state index contributed by atoms with van der Waals surface area (Å²) in [6.07, 6.45) is 1.73. The van der Waals surface area contributed by atoms with Crippen LogP contribution in [-0.4, -0.2) is 12.0 Å². The second-order valence-electron chi connectivity index (χ2n) is 3.40. The van der Waals surface area contributed by atoms with Gasteiger partial charge in [-0.25, -0.2) is 4.98 Å². The fraction of sp³-hybridized carbons (Fsp3) is 0.154. The maximum absolute atomic E-state index is 5.65. The molecule has 0 aliphatic heterocycles. The Balaban J connectivity index is 1.99. The van der Waals surface area contributed by atoms with Gasteiger partial charge in [0.2, 0.25) is 0 Å². The molecule has 0 fully saturated rings. The quantitative estimate of drug-likeness (QED) is 0.849. The highest BCUT2D eigenvalue weighted by Crippen LogP contribution is 2.15. The summed E-state index contributed by atoms with van der Waals surface area (Å²) < 4.78 is 5.65. The molecule has 1 heterocycles. The van der Waals surface area contributed by atoms with Crippen molar-refractivity contribution < 1.29 is 4.74 Å². The van der Waals surface area contributed by atoms with Crippen LogP contribution in [0.4, 0.5) is 5.82 Å². The lowest BCUT2D eigenvalue weighted by Gasteiger charge is -2.07. The summed E-state index contributed by atoms with van der Waals surface area (Å²) in [5.41, 5.74) is 1.16. The Bertz CT molecular complexity index is 443. The zero-order chi connectivity index (χ0) is 11.2. The Hall–Kier alpha value is -2.03. The van der Waals surface area contributed by atoms with E-state index in [1.165, 1.54) is 0 Å². The molecule has 2 aromatic rings. The number of nitrogens with zero attached hydrogens (tertiary/aromatic N) is 1. The summed E-state index contributed by atoms with van der Waals surface area (Å²) in [4.78, 5) is 4.12. The van der Waals surface area contributed by atoms with Crippen molar-refractivity contribution in [1.82, 2.24) is 4.98 Å². The fourth-order valence-electron chi connectivity index (χ4n) is 1.38. The van der Waals surface area contributed by atoms with Crippen molar-refractivity contribution in [2.45, 2.75) is 6.61 Å². The predicted molar refractivity (Wildman–Crippen MR) is 64.6 cm³/mol. The van der Waals surface area contributed by atoms with E-state index in [2.05, 4.69) is 10.3 Å². The van der Waals surface area contributed by atoms with E-state index in [9.17, 15) is 0 Å². The van der Waals surface area contributed by atoms with Crippen molar-refractivity contribution in [3.8, 4) is 5.75 Å². The van der Waals surface area contributed by atoms with Gasteiger partial charge in [0, 0.05) is 19.3 Å². The van der Waals surface area contributed by atoms with Crippen molar-refractivity contribution in [2.24, 2.45) is 0 Å². The lowest BCUT2D eigenvalue weighted by atomic mass is 10.2. The SMILES string of the molecule is CNc1cc(OCc2ccccc2)ccn1. The first-order valence-corrected chi connectivity index (χ1v) is 5.19. The second kappa shape index (κ2) is 5.16. The van der Waals surface area contributed by atoms with E-state index in [4.69, 9.17) is 4.74 Å². The topological polar surface area (TPSA) is 34.1 Å². The Morgan fingerprint density at radius 2 is 2.00 bits per heavy atom. The Labute approximate surface area is 95.1 Å². The minimum atomic E-state index is 0.577. The summed E-state index contributed by atoms with van der Waals surface area (Å²) in [6.45, 7) is 0.577. The standard InChI is InChI=1S/C13H14N2O/c1-14-13-9-12(7-8-15-13)16-10-11-5-3-2-4-6-11/h2-9H,10H2,1H3,(H,14,15). The molecule has 0 saturated carbocycles. The van der Waals surface area contributed by atoms with Crippen LogP contribution in [0.2, 0.25) is 0 Å². The molecule has 0 amide bonds. The van der Waals surface area contributed by atoms with Gasteiger partial charge < -0.3 is 10.1 Å². The van der Waals surface area contributed by atoms with Gasteiger partial charge in [0.25, 0.3) is 0 Å². The van der Waals surface area contributed by atoms with Gasteiger partial charge in [-0.2, -0.15) is 0 Å². The molecule has 0 unspecified atom stereocenters. The minimum Gasteiger partial charge on any atom is -0.489 e. The van der Waals surface area contributed by atoms with Gasteiger partial charge in [-0.1, -0.05) is 30.3 Å². The van der Waals surface area contributed by atoms with E-state index < -0.39 is 0 Å². The molecule has 82 valence electrons. The molecular formula is C13H14N2O. The largest absolute Gasteiger partial charge is 0.489 e. The van der Waals surface area contributed by atoms with Gasteiger partial charge in [-0.3, -0.25) is 0 Å². The molecule has 3 heteroatoms. The lowest BCUT2D eigenvalue weighted by molar-refractivity contribution is 0.306. The molecule has 0 aliphatic carbocycles. The average molecular weight is 214 g/mol. The van der Waals surface area contributed by atoms with Crippen LogP contribution in [0.1, 0.15) is 5.56 Å². The second-order valence-corrected chi connectivity index (χ2v) is 3.40. The smallest absolute Gasteiger partial charge is 0.129 e. The van der Waals surface area contributed by atoms with Crippen molar-refractivity contribution in [2.75, 3.05) is 12.4 Å². The van der Waals surface area contributed by atoms with Crippen molar-refractivity contribution in [3.63, 3.8) is 0 Å². The van der Waals surface area contributed by atoms with Crippen molar-refractivity contribution in [1.29, 1.82) is 0 Å². The van der Waals surface area contributed by atoms with E-state index in [1.807, 2.05) is 49.5 Å². The zero-order valence-corrected chi connectivity index (χ0v) is 9.18. The maximum atomic E-state index is 5.65. The van der Waals surface area contributed by atoms with Crippen LogP contribution in [0.5, 0.6) is 5.75 Å². The summed E-state index contributed by atoms with van der Waals surface area (Å²) in [5, 5.41) is 2.97. The molecule has 0 aliphatic rings.